The molecular weight excluding hydrogens is 368 g/mol. The van der Waals surface area contributed by atoms with E-state index in [-0.39, 0.29) is 18.0 Å². The smallest absolute Gasteiger partial charge is 0.296 e. The summed E-state index contributed by atoms with van der Waals surface area (Å²) in [5.74, 6) is -3.74. The van der Waals surface area contributed by atoms with Crippen molar-refractivity contribution in [3.8, 4) is 0 Å². The molecular formula is C20H21F2N3O3. The van der Waals surface area contributed by atoms with Gasteiger partial charge < -0.3 is 14.8 Å². The van der Waals surface area contributed by atoms with Crippen LogP contribution in [0, 0.1) is 17.6 Å². The molecule has 1 fully saturated rings. The van der Waals surface area contributed by atoms with Crippen molar-refractivity contribution in [1.82, 2.24) is 14.8 Å². The highest BCUT2D eigenvalue weighted by atomic mass is 19.2. The summed E-state index contributed by atoms with van der Waals surface area (Å²) in [6, 6.07) is 6.26. The number of aromatic nitrogens is 1. The molecule has 1 unspecified atom stereocenters. The normalized spacial score (nSPS) is 16.7. The highest BCUT2D eigenvalue weighted by Gasteiger charge is 2.29. The van der Waals surface area contributed by atoms with E-state index >= 15 is 0 Å². The molecule has 1 atom stereocenters. The molecule has 0 saturated carbocycles. The number of nitrogens with one attached hydrogen (secondary N) is 1. The second-order valence-electron chi connectivity index (χ2n) is 6.93. The quantitative estimate of drug-likeness (QED) is 0.629. The predicted octanol–water partition coefficient (Wildman–Crippen LogP) is 2.15. The van der Waals surface area contributed by atoms with Crippen molar-refractivity contribution in [3.05, 3.63) is 59.4 Å². The highest BCUT2D eigenvalue weighted by molar-refractivity contribution is 6.42. The third-order valence-corrected chi connectivity index (χ3v) is 4.91. The Morgan fingerprint density at radius 3 is 2.64 bits per heavy atom. The van der Waals surface area contributed by atoms with Crippen LogP contribution in [-0.2, 0) is 11.8 Å². The maximum absolute atomic E-state index is 13.3. The Hall–Kier alpha value is -3.03. The van der Waals surface area contributed by atoms with Crippen molar-refractivity contribution in [2.24, 2.45) is 13.0 Å². The molecule has 148 valence electrons. The number of hydrogen-bond donors (Lipinski definition) is 1. The first-order valence-corrected chi connectivity index (χ1v) is 9.05. The zero-order valence-corrected chi connectivity index (χ0v) is 15.5. The number of carbonyl (C=O) groups excluding carboxylic acids is 3. The van der Waals surface area contributed by atoms with Crippen molar-refractivity contribution in [3.63, 3.8) is 0 Å². The molecule has 0 bridgehead atoms. The van der Waals surface area contributed by atoms with Crippen LogP contribution in [0.4, 0.5) is 8.78 Å². The van der Waals surface area contributed by atoms with E-state index in [2.05, 4.69) is 5.32 Å². The van der Waals surface area contributed by atoms with E-state index in [1.807, 2.05) is 0 Å². The summed E-state index contributed by atoms with van der Waals surface area (Å²) in [6.07, 6.45) is 3.21. The average Bonchev–Trinajstić information content (AvgIpc) is 3.13. The van der Waals surface area contributed by atoms with Crippen molar-refractivity contribution < 1.29 is 23.2 Å². The molecule has 2 heterocycles. The zero-order chi connectivity index (χ0) is 20.3. The van der Waals surface area contributed by atoms with Gasteiger partial charge in [0.25, 0.3) is 17.6 Å². The van der Waals surface area contributed by atoms with Gasteiger partial charge in [-0.1, -0.05) is 0 Å². The second-order valence-corrected chi connectivity index (χ2v) is 6.93. The van der Waals surface area contributed by atoms with E-state index in [0.717, 1.165) is 25.0 Å². The molecule has 1 aliphatic heterocycles. The van der Waals surface area contributed by atoms with E-state index < -0.39 is 29.2 Å². The molecule has 0 radical (unpaired) electrons. The van der Waals surface area contributed by atoms with Crippen molar-refractivity contribution in [2.75, 3.05) is 19.6 Å². The number of rotatable bonds is 5. The van der Waals surface area contributed by atoms with E-state index in [1.54, 1.807) is 29.9 Å². The Bertz CT molecular complexity index is 910. The highest BCUT2D eigenvalue weighted by Crippen LogP contribution is 2.18. The van der Waals surface area contributed by atoms with Crippen LogP contribution in [0.5, 0.6) is 0 Å². The number of halogens is 2. The van der Waals surface area contributed by atoms with Crippen LogP contribution in [0.2, 0.25) is 0 Å². The Balaban J connectivity index is 1.56. The molecule has 1 aromatic carbocycles. The second kappa shape index (κ2) is 8.33. The van der Waals surface area contributed by atoms with Gasteiger partial charge in [0.2, 0.25) is 0 Å². The van der Waals surface area contributed by atoms with Crippen LogP contribution in [-0.4, -0.2) is 46.7 Å². The predicted molar refractivity (Wildman–Crippen MR) is 97.7 cm³/mol. The van der Waals surface area contributed by atoms with Gasteiger partial charge in [0.05, 0.1) is 5.69 Å². The number of carbonyl (C=O) groups is 3. The van der Waals surface area contributed by atoms with Gasteiger partial charge in [-0.25, -0.2) is 8.78 Å². The van der Waals surface area contributed by atoms with Crippen LogP contribution in [0.1, 0.15) is 33.7 Å². The molecule has 8 heteroatoms. The molecule has 1 saturated heterocycles. The van der Waals surface area contributed by atoms with Crippen LogP contribution in [0.3, 0.4) is 0 Å². The van der Waals surface area contributed by atoms with Crippen molar-refractivity contribution in [1.29, 1.82) is 0 Å². The van der Waals surface area contributed by atoms with Gasteiger partial charge in [-0.15, -0.1) is 0 Å². The van der Waals surface area contributed by atoms with E-state index in [4.69, 9.17) is 0 Å². The maximum atomic E-state index is 13.3. The van der Waals surface area contributed by atoms with Crippen molar-refractivity contribution in [2.45, 2.75) is 12.8 Å². The Kier molecular flexibility index (Phi) is 5.87. The van der Waals surface area contributed by atoms with Gasteiger partial charge >= 0.3 is 0 Å². The number of benzene rings is 1. The van der Waals surface area contributed by atoms with Gasteiger partial charge in [-0.05, 0) is 49.1 Å². The number of hydrogen-bond acceptors (Lipinski definition) is 3. The number of ketones is 1. The zero-order valence-electron chi connectivity index (χ0n) is 15.5. The molecule has 1 aliphatic rings. The summed E-state index contributed by atoms with van der Waals surface area (Å²) >= 11 is 0. The lowest BCUT2D eigenvalue weighted by Gasteiger charge is -2.32. The summed E-state index contributed by atoms with van der Waals surface area (Å²) in [6.45, 7) is 1.12. The number of nitrogens with zero attached hydrogens (tertiary/aromatic N) is 2. The monoisotopic (exact) mass is 389 g/mol. The summed E-state index contributed by atoms with van der Waals surface area (Å²) < 4.78 is 27.8. The summed E-state index contributed by atoms with van der Waals surface area (Å²) in [5, 5.41) is 2.69. The maximum Gasteiger partial charge on any atom is 0.296 e. The minimum absolute atomic E-state index is 0.0202. The fraction of sp³-hybridized carbons (Fsp3) is 0.350. The lowest BCUT2D eigenvalue weighted by Crippen LogP contribution is -2.46. The fourth-order valence-corrected chi connectivity index (χ4v) is 3.34. The van der Waals surface area contributed by atoms with Crippen LogP contribution in [0.15, 0.2) is 36.5 Å². The van der Waals surface area contributed by atoms with Crippen LogP contribution in [0.25, 0.3) is 0 Å². The first-order valence-electron chi connectivity index (χ1n) is 9.05. The van der Waals surface area contributed by atoms with E-state index in [9.17, 15) is 23.2 Å². The number of likely N-dealkylation sites (tertiary alicyclic amines) is 1. The largest absolute Gasteiger partial charge is 0.352 e. The molecule has 28 heavy (non-hydrogen) atoms. The number of piperidine rings is 1. The van der Waals surface area contributed by atoms with Crippen LogP contribution < -0.4 is 5.32 Å². The number of aryl methyl sites for hydroxylation is 1. The van der Waals surface area contributed by atoms with Gasteiger partial charge in [0.15, 0.2) is 11.6 Å². The Morgan fingerprint density at radius 1 is 1.18 bits per heavy atom. The lowest BCUT2D eigenvalue weighted by molar-refractivity contribution is -0.128. The van der Waals surface area contributed by atoms with Gasteiger partial charge in [0.1, 0.15) is 0 Å². The minimum Gasteiger partial charge on any atom is -0.352 e. The van der Waals surface area contributed by atoms with Gasteiger partial charge in [-0.3, -0.25) is 14.4 Å². The first-order chi connectivity index (χ1) is 13.4. The molecule has 6 nitrogen and oxygen atoms in total. The summed E-state index contributed by atoms with van der Waals surface area (Å²) in [7, 11) is 1.70. The van der Waals surface area contributed by atoms with Gasteiger partial charge in [-0.2, -0.15) is 0 Å². The Morgan fingerprint density at radius 2 is 1.96 bits per heavy atom. The SMILES string of the molecule is Cn1cccc1C(=O)C(=O)N1CCCC(CNC(=O)c2ccc(F)c(F)c2)C1. The lowest BCUT2D eigenvalue weighted by atomic mass is 9.97. The van der Waals surface area contributed by atoms with Crippen molar-refractivity contribution >= 4 is 17.6 Å². The summed E-state index contributed by atoms with van der Waals surface area (Å²) in [4.78, 5) is 38.6. The van der Waals surface area contributed by atoms with Crippen LogP contribution >= 0.6 is 0 Å². The fourth-order valence-electron chi connectivity index (χ4n) is 3.34. The van der Waals surface area contributed by atoms with E-state index in [0.29, 0.717) is 18.8 Å². The molecule has 0 aliphatic carbocycles. The molecule has 3 rings (SSSR count). The molecule has 1 aromatic heterocycles. The third-order valence-electron chi connectivity index (χ3n) is 4.91. The molecule has 1 N–H and O–H groups in total. The molecule has 2 amide bonds. The topological polar surface area (TPSA) is 71.4 Å². The average molecular weight is 389 g/mol. The minimum atomic E-state index is -1.08. The summed E-state index contributed by atoms with van der Waals surface area (Å²) in [5.41, 5.74) is 0.361. The number of amides is 2. The third kappa shape index (κ3) is 4.27. The van der Waals surface area contributed by atoms with Gasteiger partial charge in [0, 0.05) is 38.4 Å². The van der Waals surface area contributed by atoms with E-state index in [1.165, 1.54) is 11.0 Å². The molecule has 2 aromatic rings. The standard InChI is InChI=1S/C20H21F2N3O3/c1-24-8-3-5-17(24)18(26)20(28)25-9-2-4-13(12-25)11-23-19(27)14-6-7-15(21)16(22)10-14/h3,5-8,10,13H,2,4,9,11-12H2,1H3,(H,23,27). The Labute approximate surface area is 161 Å². The number of Topliss-reactive ketones (excluding diaryl/α,β-unsaturated/α-hetero) is 1. The molecule has 0 spiro atoms. The first kappa shape index (κ1) is 19.7.